The van der Waals surface area contributed by atoms with E-state index in [0.29, 0.717) is 5.75 Å². The second-order valence-electron chi connectivity index (χ2n) is 3.38. The standard InChI is InChI=1S/C8H15NO3S2/c1-8(2,13)7(12)9-5(4-14-3)6(10)11/h5,13H,4H2,1-3H3,(H,9,12)(H,10,11). The van der Waals surface area contributed by atoms with Crippen molar-refractivity contribution in [3.05, 3.63) is 0 Å². The zero-order chi connectivity index (χ0) is 11.4. The summed E-state index contributed by atoms with van der Waals surface area (Å²) in [5.41, 5.74) is 0. The average molecular weight is 237 g/mol. The van der Waals surface area contributed by atoms with E-state index in [1.54, 1.807) is 20.1 Å². The quantitative estimate of drug-likeness (QED) is 0.614. The highest BCUT2D eigenvalue weighted by molar-refractivity contribution is 7.98. The largest absolute Gasteiger partial charge is 0.480 e. The topological polar surface area (TPSA) is 66.4 Å². The average Bonchev–Trinajstić information content (AvgIpc) is 2.01. The molecule has 0 fully saturated rings. The maximum absolute atomic E-state index is 11.4. The van der Waals surface area contributed by atoms with E-state index in [0.717, 1.165) is 0 Å². The molecule has 0 aromatic carbocycles. The van der Waals surface area contributed by atoms with E-state index in [1.807, 2.05) is 0 Å². The van der Waals surface area contributed by atoms with E-state index in [2.05, 4.69) is 17.9 Å². The van der Waals surface area contributed by atoms with Crippen LogP contribution in [0.2, 0.25) is 0 Å². The molecule has 0 aliphatic carbocycles. The first-order valence-corrected chi connectivity index (χ1v) is 5.88. The number of aliphatic carboxylic acids is 1. The molecule has 14 heavy (non-hydrogen) atoms. The summed E-state index contributed by atoms with van der Waals surface area (Å²) >= 11 is 5.42. The van der Waals surface area contributed by atoms with Crippen molar-refractivity contribution in [2.45, 2.75) is 24.6 Å². The third kappa shape index (κ3) is 4.76. The van der Waals surface area contributed by atoms with Gasteiger partial charge in [-0.1, -0.05) is 0 Å². The third-order valence-corrected chi connectivity index (χ3v) is 2.36. The van der Waals surface area contributed by atoms with Crippen LogP contribution < -0.4 is 5.32 Å². The van der Waals surface area contributed by atoms with Crippen LogP contribution in [0.5, 0.6) is 0 Å². The molecule has 6 heteroatoms. The van der Waals surface area contributed by atoms with Gasteiger partial charge in [0.1, 0.15) is 6.04 Å². The van der Waals surface area contributed by atoms with Crippen LogP contribution in [0.25, 0.3) is 0 Å². The number of thioether (sulfide) groups is 1. The zero-order valence-corrected chi connectivity index (χ0v) is 10.1. The lowest BCUT2D eigenvalue weighted by molar-refractivity contribution is -0.141. The molecule has 0 aliphatic heterocycles. The number of hydrogen-bond acceptors (Lipinski definition) is 4. The van der Waals surface area contributed by atoms with Crippen molar-refractivity contribution < 1.29 is 14.7 Å². The number of carbonyl (C=O) groups excluding carboxylic acids is 1. The van der Waals surface area contributed by atoms with E-state index >= 15 is 0 Å². The first kappa shape index (κ1) is 13.6. The maximum atomic E-state index is 11.4. The van der Waals surface area contributed by atoms with Gasteiger partial charge in [0.15, 0.2) is 0 Å². The molecule has 0 saturated heterocycles. The highest BCUT2D eigenvalue weighted by Gasteiger charge is 2.27. The number of nitrogens with one attached hydrogen (secondary N) is 1. The molecule has 0 heterocycles. The Morgan fingerprint density at radius 3 is 2.36 bits per heavy atom. The van der Waals surface area contributed by atoms with Crippen molar-refractivity contribution >= 4 is 36.3 Å². The second-order valence-corrected chi connectivity index (χ2v) is 5.41. The van der Waals surface area contributed by atoms with Gasteiger partial charge in [-0.05, 0) is 20.1 Å². The van der Waals surface area contributed by atoms with Crippen molar-refractivity contribution in [2.75, 3.05) is 12.0 Å². The van der Waals surface area contributed by atoms with Crippen molar-refractivity contribution in [3.63, 3.8) is 0 Å². The van der Waals surface area contributed by atoms with Crippen LogP contribution in [0.1, 0.15) is 13.8 Å². The fraction of sp³-hybridized carbons (Fsp3) is 0.750. The first-order chi connectivity index (χ1) is 6.29. The van der Waals surface area contributed by atoms with Gasteiger partial charge < -0.3 is 10.4 Å². The molecule has 1 unspecified atom stereocenters. The molecule has 4 nitrogen and oxygen atoms in total. The molecule has 1 amide bonds. The minimum absolute atomic E-state index is 0.352. The van der Waals surface area contributed by atoms with Crippen LogP contribution in [0, 0.1) is 0 Å². The molecular weight excluding hydrogens is 222 g/mol. The fourth-order valence-corrected chi connectivity index (χ4v) is 1.30. The summed E-state index contributed by atoms with van der Waals surface area (Å²) in [7, 11) is 0. The van der Waals surface area contributed by atoms with Gasteiger partial charge in [0.2, 0.25) is 5.91 Å². The van der Waals surface area contributed by atoms with Crippen molar-refractivity contribution in [2.24, 2.45) is 0 Å². The van der Waals surface area contributed by atoms with Gasteiger partial charge in [0, 0.05) is 5.75 Å². The number of carboxylic acid groups (broad SMARTS) is 1. The Morgan fingerprint density at radius 2 is 2.07 bits per heavy atom. The maximum Gasteiger partial charge on any atom is 0.327 e. The summed E-state index contributed by atoms with van der Waals surface area (Å²) in [6.07, 6.45) is 1.79. The highest BCUT2D eigenvalue weighted by Crippen LogP contribution is 2.12. The molecule has 82 valence electrons. The van der Waals surface area contributed by atoms with Gasteiger partial charge in [-0.2, -0.15) is 24.4 Å². The van der Waals surface area contributed by atoms with E-state index in [1.165, 1.54) is 11.8 Å². The number of hydrogen-bond donors (Lipinski definition) is 3. The minimum Gasteiger partial charge on any atom is -0.480 e. The monoisotopic (exact) mass is 237 g/mol. The van der Waals surface area contributed by atoms with E-state index in [-0.39, 0.29) is 5.91 Å². The lowest BCUT2D eigenvalue weighted by atomic mass is 10.2. The summed E-state index contributed by atoms with van der Waals surface area (Å²) in [5, 5.41) is 11.2. The SMILES string of the molecule is CSCC(NC(=O)C(C)(C)S)C(=O)O. The van der Waals surface area contributed by atoms with Gasteiger partial charge in [-0.15, -0.1) is 0 Å². The summed E-state index contributed by atoms with van der Waals surface area (Å²) in [5.74, 6) is -1.04. The molecule has 0 aromatic rings. The Hall–Kier alpha value is -0.360. The van der Waals surface area contributed by atoms with Crippen molar-refractivity contribution in [3.8, 4) is 0 Å². The van der Waals surface area contributed by atoms with Crippen LogP contribution in [-0.2, 0) is 9.59 Å². The number of rotatable bonds is 5. The third-order valence-electron chi connectivity index (χ3n) is 1.49. The normalized spacial score (nSPS) is 13.4. The summed E-state index contributed by atoms with van der Waals surface area (Å²) in [4.78, 5) is 22.1. The predicted octanol–water partition coefficient (Wildman–Crippen LogP) is 0.627. The zero-order valence-electron chi connectivity index (χ0n) is 8.40. The van der Waals surface area contributed by atoms with Gasteiger partial charge >= 0.3 is 5.97 Å². The fourth-order valence-electron chi connectivity index (χ4n) is 0.676. The van der Waals surface area contributed by atoms with Crippen LogP contribution in [0.3, 0.4) is 0 Å². The lowest BCUT2D eigenvalue weighted by Crippen LogP contribution is -2.48. The minimum atomic E-state index is -1.02. The molecule has 0 rings (SSSR count). The van der Waals surface area contributed by atoms with Crippen LogP contribution in [0.15, 0.2) is 0 Å². The number of carbonyl (C=O) groups is 2. The number of carboxylic acids is 1. The molecule has 2 N–H and O–H groups in total. The van der Waals surface area contributed by atoms with Gasteiger partial charge in [0.05, 0.1) is 4.75 Å². The van der Waals surface area contributed by atoms with E-state index < -0.39 is 16.8 Å². The molecule has 0 spiro atoms. The Balaban J connectivity index is 4.31. The molecule has 0 bridgehead atoms. The summed E-state index contributed by atoms with van der Waals surface area (Å²) in [6.45, 7) is 3.23. The Morgan fingerprint density at radius 1 is 1.57 bits per heavy atom. The number of thiol groups is 1. The first-order valence-electron chi connectivity index (χ1n) is 4.04. The Bertz CT molecular complexity index is 225. The highest BCUT2D eigenvalue weighted by atomic mass is 32.2. The van der Waals surface area contributed by atoms with E-state index in [4.69, 9.17) is 5.11 Å². The molecule has 0 aliphatic rings. The van der Waals surface area contributed by atoms with Gasteiger partial charge in [-0.3, -0.25) is 4.79 Å². The van der Waals surface area contributed by atoms with Crippen molar-refractivity contribution in [1.82, 2.24) is 5.32 Å². The van der Waals surface area contributed by atoms with Crippen molar-refractivity contribution in [1.29, 1.82) is 0 Å². The summed E-state index contributed by atoms with van der Waals surface area (Å²) in [6, 6.07) is -0.844. The smallest absolute Gasteiger partial charge is 0.327 e. The van der Waals surface area contributed by atoms with Crippen LogP contribution >= 0.6 is 24.4 Å². The van der Waals surface area contributed by atoms with Gasteiger partial charge in [0.25, 0.3) is 0 Å². The van der Waals surface area contributed by atoms with Crippen LogP contribution in [-0.4, -0.2) is 39.8 Å². The Labute approximate surface area is 93.2 Å². The van der Waals surface area contributed by atoms with Crippen LogP contribution in [0.4, 0.5) is 0 Å². The molecule has 0 aromatic heterocycles. The lowest BCUT2D eigenvalue weighted by Gasteiger charge is -2.20. The molecule has 0 saturated carbocycles. The molecular formula is C8H15NO3S2. The molecule has 0 radical (unpaired) electrons. The predicted molar refractivity (Wildman–Crippen MR) is 61.0 cm³/mol. The Kier molecular flexibility index (Phi) is 5.36. The second kappa shape index (κ2) is 5.50. The summed E-state index contributed by atoms with van der Waals surface area (Å²) < 4.78 is -0.855. The van der Waals surface area contributed by atoms with E-state index in [9.17, 15) is 9.59 Å². The number of amides is 1. The molecule has 1 atom stereocenters. The van der Waals surface area contributed by atoms with Gasteiger partial charge in [-0.25, -0.2) is 4.79 Å².